The lowest BCUT2D eigenvalue weighted by molar-refractivity contribution is 0.0762. The average molecular weight is 393 g/mol. The van der Waals surface area contributed by atoms with Gasteiger partial charge in [0.2, 0.25) is 0 Å². The Bertz CT molecular complexity index is 464. The topological polar surface area (TPSA) is 0 Å². The summed E-state index contributed by atoms with van der Waals surface area (Å²) >= 11 is 0. The molecular formula is C28H56. The van der Waals surface area contributed by atoms with Gasteiger partial charge in [-0.15, -0.1) is 0 Å². The van der Waals surface area contributed by atoms with Crippen LogP contribution in [0.15, 0.2) is 0 Å². The van der Waals surface area contributed by atoms with Crippen LogP contribution in [0, 0.1) is 57.2 Å². The van der Waals surface area contributed by atoms with E-state index in [4.69, 9.17) is 0 Å². The quantitative estimate of drug-likeness (QED) is 0.385. The molecule has 28 heavy (non-hydrogen) atoms. The van der Waals surface area contributed by atoms with E-state index in [1.807, 2.05) is 0 Å². The van der Waals surface area contributed by atoms with Gasteiger partial charge in [0.15, 0.2) is 0 Å². The molecule has 3 aliphatic carbocycles. The van der Waals surface area contributed by atoms with Crippen molar-refractivity contribution in [1.29, 1.82) is 0 Å². The summed E-state index contributed by atoms with van der Waals surface area (Å²) in [6.45, 7) is 29.0. The van der Waals surface area contributed by atoms with Gasteiger partial charge in [0.25, 0.3) is 0 Å². The van der Waals surface area contributed by atoms with E-state index >= 15 is 0 Å². The van der Waals surface area contributed by atoms with E-state index in [0.29, 0.717) is 21.7 Å². The van der Waals surface area contributed by atoms with Crippen molar-refractivity contribution in [3.8, 4) is 0 Å². The molecule has 168 valence electrons. The molecule has 6 unspecified atom stereocenters. The van der Waals surface area contributed by atoms with Crippen molar-refractivity contribution in [3.63, 3.8) is 0 Å². The fourth-order valence-electron chi connectivity index (χ4n) is 6.92. The van der Waals surface area contributed by atoms with E-state index < -0.39 is 0 Å². The van der Waals surface area contributed by atoms with E-state index in [1.165, 1.54) is 32.1 Å². The summed E-state index contributed by atoms with van der Waals surface area (Å²) in [7, 11) is 0. The Morgan fingerprint density at radius 2 is 0.893 bits per heavy atom. The minimum atomic E-state index is 0. The van der Waals surface area contributed by atoms with E-state index in [0.717, 1.165) is 35.5 Å². The van der Waals surface area contributed by atoms with Gasteiger partial charge < -0.3 is 0 Å². The summed E-state index contributed by atoms with van der Waals surface area (Å²) in [5.41, 5.74) is 2.06. The van der Waals surface area contributed by atoms with E-state index in [2.05, 4.69) is 83.1 Å². The van der Waals surface area contributed by atoms with Gasteiger partial charge >= 0.3 is 0 Å². The summed E-state index contributed by atoms with van der Waals surface area (Å²) < 4.78 is 0. The van der Waals surface area contributed by atoms with Gasteiger partial charge in [-0.2, -0.15) is 0 Å². The summed E-state index contributed by atoms with van der Waals surface area (Å²) in [4.78, 5) is 0. The second-order valence-corrected chi connectivity index (χ2v) is 14.6. The van der Waals surface area contributed by atoms with Crippen LogP contribution in [0.3, 0.4) is 0 Å². The molecule has 0 heteroatoms. The highest BCUT2D eigenvalue weighted by atomic mass is 14.6. The highest BCUT2D eigenvalue weighted by Crippen LogP contribution is 2.66. The standard InChI is InChI=1S/C14H26.C13H26.CH4/c1-13(2,3)11-8-9-7-10(9)12(11)14(4,5)6;1-12(2,3)10-8-7-9-11(10)13(4,5)6;/h9-12H,7-8H2,1-6H3;10-11H,7-9H2,1-6H3;1H4. The van der Waals surface area contributed by atoms with Gasteiger partial charge in [-0.25, -0.2) is 0 Å². The molecule has 0 bridgehead atoms. The van der Waals surface area contributed by atoms with Crippen molar-refractivity contribution in [2.24, 2.45) is 57.2 Å². The number of hydrogen-bond donors (Lipinski definition) is 0. The maximum atomic E-state index is 2.44. The molecule has 0 aromatic heterocycles. The van der Waals surface area contributed by atoms with Crippen LogP contribution in [0.1, 0.15) is 123 Å². The highest BCUT2D eigenvalue weighted by molar-refractivity contribution is 5.07. The van der Waals surface area contributed by atoms with Crippen molar-refractivity contribution in [2.45, 2.75) is 123 Å². The zero-order valence-electron chi connectivity index (χ0n) is 21.0. The van der Waals surface area contributed by atoms with Crippen molar-refractivity contribution >= 4 is 0 Å². The second kappa shape index (κ2) is 8.26. The normalized spacial score (nSPS) is 35.6. The highest BCUT2D eigenvalue weighted by Gasteiger charge is 2.58. The molecular weight excluding hydrogens is 336 g/mol. The van der Waals surface area contributed by atoms with Crippen molar-refractivity contribution in [2.75, 3.05) is 0 Å². The second-order valence-electron chi connectivity index (χ2n) is 14.6. The lowest BCUT2D eigenvalue weighted by Gasteiger charge is -2.41. The predicted molar refractivity (Wildman–Crippen MR) is 129 cm³/mol. The molecule has 0 spiro atoms. The first-order valence-corrected chi connectivity index (χ1v) is 11.9. The van der Waals surface area contributed by atoms with E-state index in [1.54, 1.807) is 0 Å². The Hall–Kier alpha value is 0. The molecule has 0 aromatic carbocycles. The zero-order valence-corrected chi connectivity index (χ0v) is 21.0. The SMILES string of the molecule is C.CC(C)(C)C1CC2CC2C1C(C)(C)C.CC(C)(C)C1CCCC1C(C)(C)C. The summed E-state index contributed by atoms with van der Waals surface area (Å²) in [5.74, 6) is 6.00. The fraction of sp³-hybridized carbons (Fsp3) is 1.00. The average Bonchev–Trinajstić information content (AvgIpc) is 2.88. The molecule has 0 heterocycles. The Balaban J connectivity index is 0.000000271. The molecule has 0 aromatic rings. The first-order chi connectivity index (χ1) is 11.9. The van der Waals surface area contributed by atoms with Crippen LogP contribution in [0.25, 0.3) is 0 Å². The summed E-state index contributed by atoms with van der Waals surface area (Å²) in [6, 6.07) is 0. The monoisotopic (exact) mass is 392 g/mol. The smallest absolute Gasteiger partial charge is 0.0301 e. The maximum absolute atomic E-state index is 2.44. The number of rotatable bonds is 0. The van der Waals surface area contributed by atoms with Gasteiger partial charge in [0.05, 0.1) is 0 Å². The van der Waals surface area contributed by atoms with Crippen molar-refractivity contribution in [3.05, 3.63) is 0 Å². The van der Waals surface area contributed by atoms with Crippen LogP contribution in [-0.2, 0) is 0 Å². The van der Waals surface area contributed by atoms with Crippen LogP contribution in [0.4, 0.5) is 0 Å². The maximum Gasteiger partial charge on any atom is -0.0301 e. The lowest BCUT2D eigenvalue weighted by atomic mass is 9.64. The molecule has 0 N–H and O–H groups in total. The van der Waals surface area contributed by atoms with E-state index in [-0.39, 0.29) is 7.43 Å². The summed E-state index contributed by atoms with van der Waals surface area (Å²) in [5, 5.41) is 0. The Kier molecular flexibility index (Phi) is 7.68. The van der Waals surface area contributed by atoms with Crippen LogP contribution in [-0.4, -0.2) is 0 Å². The van der Waals surface area contributed by atoms with Crippen molar-refractivity contribution in [1.82, 2.24) is 0 Å². The van der Waals surface area contributed by atoms with Gasteiger partial charge in [0.1, 0.15) is 0 Å². The van der Waals surface area contributed by atoms with Gasteiger partial charge in [-0.1, -0.05) is 96.9 Å². The molecule has 3 fully saturated rings. The fourth-order valence-corrected chi connectivity index (χ4v) is 6.92. The first kappa shape index (κ1) is 26.0. The van der Waals surface area contributed by atoms with Crippen molar-refractivity contribution < 1.29 is 0 Å². The summed E-state index contributed by atoms with van der Waals surface area (Å²) in [6.07, 6.45) is 7.39. The van der Waals surface area contributed by atoms with Crippen LogP contribution >= 0.6 is 0 Å². The minimum Gasteiger partial charge on any atom is -0.0776 e. The molecule has 0 aliphatic heterocycles. The number of fused-ring (bicyclic) bond motifs is 1. The van der Waals surface area contributed by atoms with Crippen LogP contribution < -0.4 is 0 Å². The van der Waals surface area contributed by atoms with Crippen LogP contribution in [0.5, 0.6) is 0 Å². The predicted octanol–water partition coefficient (Wildman–Crippen LogP) is 9.48. The van der Waals surface area contributed by atoms with Gasteiger partial charge in [-0.05, 0) is 82.9 Å². The Labute approximate surface area is 180 Å². The zero-order chi connectivity index (χ0) is 21.0. The first-order valence-electron chi connectivity index (χ1n) is 11.9. The number of hydrogen-bond acceptors (Lipinski definition) is 0. The molecule has 3 aliphatic rings. The minimum absolute atomic E-state index is 0. The molecule has 0 saturated heterocycles. The molecule has 0 nitrogen and oxygen atoms in total. The molecule has 0 radical (unpaired) electrons. The van der Waals surface area contributed by atoms with Crippen LogP contribution in [0.2, 0.25) is 0 Å². The lowest BCUT2D eigenvalue weighted by Crippen LogP contribution is -2.34. The van der Waals surface area contributed by atoms with Gasteiger partial charge in [-0.3, -0.25) is 0 Å². The Morgan fingerprint density at radius 3 is 1.18 bits per heavy atom. The largest absolute Gasteiger partial charge is 0.0776 e. The van der Waals surface area contributed by atoms with Gasteiger partial charge in [0, 0.05) is 0 Å². The van der Waals surface area contributed by atoms with E-state index in [9.17, 15) is 0 Å². The third-order valence-electron chi connectivity index (χ3n) is 8.28. The third kappa shape index (κ3) is 6.01. The molecule has 6 atom stereocenters. The third-order valence-corrected chi connectivity index (χ3v) is 8.28. The molecule has 3 saturated carbocycles. The molecule has 0 amide bonds. The Morgan fingerprint density at radius 1 is 0.500 bits per heavy atom. The molecule has 3 rings (SSSR count).